The first-order chi connectivity index (χ1) is 21.1. The molecule has 44 heavy (non-hydrogen) atoms. The Labute approximate surface area is 262 Å². The lowest BCUT2D eigenvalue weighted by atomic mass is 9.79. The van der Waals surface area contributed by atoms with E-state index in [0.29, 0.717) is 5.92 Å². The Morgan fingerprint density at radius 3 is 1.34 bits per heavy atom. The molecule has 216 valence electrons. The van der Waals surface area contributed by atoms with E-state index in [9.17, 15) is 0 Å². The second-order valence-corrected chi connectivity index (χ2v) is 14.6. The molecule has 0 atom stereocenters. The van der Waals surface area contributed by atoms with E-state index in [4.69, 9.17) is 0 Å². The van der Waals surface area contributed by atoms with Crippen LogP contribution in [0.5, 0.6) is 0 Å². The van der Waals surface area contributed by atoms with Gasteiger partial charge in [0.15, 0.2) is 0 Å². The number of fused-ring (bicyclic) bond motifs is 7. The minimum Gasteiger partial charge on any atom is -0.0625 e. The van der Waals surface area contributed by atoms with Gasteiger partial charge in [-0.25, -0.2) is 0 Å². The summed E-state index contributed by atoms with van der Waals surface area (Å²) >= 11 is 0. The van der Waals surface area contributed by atoms with Crippen molar-refractivity contribution in [3.63, 3.8) is 0 Å². The van der Waals surface area contributed by atoms with Gasteiger partial charge in [-0.2, -0.15) is 0 Å². The Balaban J connectivity index is 1.16. The fourth-order valence-corrected chi connectivity index (χ4v) is 8.03. The van der Waals surface area contributed by atoms with Gasteiger partial charge >= 0.3 is 0 Å². The Kier molecular flexibility index (Phi) is 5.89. The van der Waals surface area contributed by atoms with Crippen LogP contribution >= 0.6 is 0 Å². The normalized spacial score (nSPS) is 15.2. The van der Waals surface area contributed by atoms with Gasteiger partial charge in [0.1, 0.15) is 0 Å². The summed E-state index contributed by atoms with van der Waals surface area (Å²) < 4.78 is 0. The van der Waals surface area contributed by atoms with Crippen LogP contribution in [-0.2, 0) is 17.3 Å². The van der Waals surface area contributed by atoms with E-state index < -0.39 is 0 Å². The van der Waals surface area contributed by atoms with Gasteiger partial charge < -0.3 is 0 Å². The van der Waals surface area contributed by atoms with E-state index >= 15 is 0 Å². The maximum Gasteiger partial charge on any atom is 0.0159 e. The number of benzene rings is 6. The molecule has 0 unspecified atom stereocenters. The van der Waals surface area contributed by atoms with Crippen LogP contribution < -0.4 is 0 Å². The molecule has 0 heteroatoms. The zero-order valence-corrected chi connectivity index (χ0v) is 26.8. The molecule has 0 fully saturated rings. The molecule has 8 rings (SSSR count). The van der Waals surface area contributed by atoms with E-state index in [1.54, 1.807) is 0 Å². The van der Waals surface area contributed by atoms with E-state index in [0.717, 1.165) is 6.42 Å². The Bertz CT molecular complexity index is 2120. The van der Waals surface area contributed by atoms with Crippen molar-refractivity contribution in [3.05, 3.63) is 143 Å². The average Bonchev–Trinajstić information content (AvgIpc) is 3.38. The molecular weight excluding hydrogens is 528 g/mol. The summed E-state index contributed by atoms with van der Waals surface area (Å²) in [5.74, 6) is 0.659. The zero-order valence-electron chi connectivity index (χ0n) is 26.8. The summed E-state index contributed by atoms with van der Waals surface area (Å²) in [5.41, 5.74) is 17.8. The highest BCUT2D eigenvalue weighted by atomic mass is 14.4. The van der Waals surface area contributed by atoms with Crippen LogP contribution in [0.4, 0.5) is 0 Å². The van der Waals surface area contributed by atoms with Crippen LogP contribution in [0.15, 0.2) is 115 Å². The van der Waals surface area contributed by atoms with E-state index in [1.807, 2.05) is 0 Å². The van der Waals surface area contributed by atoms with Gasteiger partial charge in [0.2, 0.25) is 0 Å². The summed E-state index contributed by atoms with van der Waals surface area (Å²) in [6.07, 6.45) is 1.13. The van der Waals surface area contributed by atoms with Crippen molar-refractivity contribution in [2.24, 2.45) is 5.92 Å². The van der Waals surface area contributed by atoms with Gasteiger partial charge in [-0.3, -0.25) is 0 Å². The van der Waals surface area contributed by atoms with Gasteiger partial charge in [-0.15, -0.1) is 0 Å². The lowest BCUT2D eigenvalue weighted by molar-refractivity contribution is 0.637. The van der Waals surface area contributed by atoms with Gasteiger partial charge in [0, 0.05) is 10.8 Å². The minimum atomic E-state index is -0.0768. The molecule has 0 N–H and O–H groups in total. The SMILES string of the molecule is CC(C)Cc1ccc2c(c1)C(C)(C)c1cc(-c3ccc4c(c3)C(C)(C)c3cc(-c5ccc6ccccc6c5)ccc3-4)ccc1-2. The van der Waals surface area contributed by atoms with Crippen LogP contribution in [0.25, 0.3) is 55.3 Å². The van der Waals surface area contributed by atoms with E-state index in [-0.39, 0.29) is 10.8 Å². The fourth-order valence-electron chi connectivity index (χ4n) is 8.03. The lowest BCUT2D eigenvalue weighted by Crippen LogP contribution is -2.16. The first-order valence-electron chi connectivity index (χ1n) is 16.2. The molecule has 2 aliphatic rings. The molecule has 0 amide bonds. The van der Waals surface area contributed by atoms with Crippen LogP contribution in [0.3, 0.4) is 0 Å². The molecule has 0 radical (unpaired) electrons. The minimum absolute atomic E-state index is 0.0148. The molecule has 0 saturated heterocycles. The molecule has 0 bridgehead atoms. The van der Waals surface area contributed by atoms with Crippen LogP contribution in [0.1, 0.15) is 69.4 Å². The second kappa shape index (κ2) is 9.54. The summed E-state index contributed by atoms with van der Waals surface area (Å²) in [6, 6.07) is 44.0. The molecule has 0 aromatic heterocycles. The Hall–Kier alpha value is -4.42. The fraction of sp³-hybridized carbons (Fsp3) is 0.227. The molecular formula is C44H40. The maximum absolute atomic E-state index is 2.47. The first-order valence-corrected chi connectivity index (χ1v) is 16.2. The molecule has 0 saturated carbocycles. The van der Waals surface area contributed by atoms with E-state index in [1.165, 1.54) is 83.1 Å². The van der Waals surface area contributed by atoms with Gasteiger partial charge in [-0.1, -0.05) is 133 Å². The van der Waals surface area contributed by atoms with Crippen molar-refractivity contribution in [3.8, 4) is 44.5 Å². The largest absolute Gasteiger partial charge is 0.0625 e. The predicted octanol–water partition coefficient (Wildman–Crippen LogP) is 12.0. The van der Waals surface area contributed by atoms with Crippen molar-refractivity contribution < 1.29 is 0 Å². The smallest absolute Gasteiger partial charge is 0.0159 e. The Morgan fingerprint density at radius 1 is 0.432 bits per heavy atom. The summed E-state index contributed by atoms with van der Waals surface area (Å²) in [5, 5.41) is 2.57. The maximum atomic E-state index is 2.47. The van der Waals surface area contributed by atoms with Crippen LogP contribution in [0.2, 0.25) is 0 Å². The number of rotatable bonds is 4. The Morgan fingerprint density at radius 2 is 0.841 bits per heavy atom. The molecule has 6 aromatic rings. The first kappa shape index (κ1) is 27.2. The van der Waals surface area contributed by atoms with Gasteiger partial charge in [-0.05, 0) is 120 Å². The highest BCUT2D eigenvalue weighted by Crippen LogP contribution is 2.52. The second-order valence-electron chi connectivity index (χ2n) is 14.6. The molecule has 0 spiro atoms. The van der Waals surface area contributed by atoms with Crippen molar-refractivity contribution >= 4 is 10.8 Å². The molecule has 0 nitrogen and oxygen atoms in total. The molecule has 2 aliphatic carbocycles. The zero-order chi connectivity index (χ0) is 30.4. The molecule has 0 heterocycles. The standard InChI is InChI=1S/C44H40/c1-27(2)21-28-11-17-35-36-19-15-33(25-40(36)43(3,4)39(35)22-28)34-16-20-38-37-18-14-32(24-41(37)44(5,6)42(38)26-34)31-13-12-29-9-7-8-10-30(29)23-31/h7-20,22-27H,21H2,1-6H3. The van der Waals surface area contributed by atoms with Crippen molar-refractivity contribution in [1.82, 2.24) is 0 Å². The summed E-state index contributed by atoms with van der Waals surface area (Å²) in [7, 11) is 0. The molecule has 6 aromatic carbocycles. The summed E-state index contributed by atoms with van der Waals surface area (Å²) in [4.78, 5) is 0. The lowest BCUT2D eigenvalue weighted by Gasteiger charge is -2.24. The van der Waals surface area contributed by atoms with E-state index in [2.05, 4.69) is 157 Å². The van der Waals surface area contributed by atoms with Gasteiger partial charge in [0.05, 0.1) is 0 Å². The van der Waals surface area contributed by atoms with Crippen LogP contribution in [0, 0.1) is 5.92 Å². The third-order valence-electron chi connectivity index (χ3n) is 10.5. The van der Waals surface area contributed by atoms with Gasteiger partial charge in [0.25, 0.3) is 0 Å². The third-order valence-corrected chi connectivity index (χ3v) is 10.5. The number of hydrogen-bond donors (Lipinski definition) is 0. The number of hydrogen-bond acceptors (Lipinski definition) is 0. The third kappa shape index (κ3) is 4.04. The van der Waals surface area contributed by atoms with Crippen molar-refractivity contribution in [2.75, 3.05) is 0 Å². The monoisotopic (exact) mass is 568 g/mol. The predicted molar refractivity (Wildman–Crippen MR) is 188 cm³/mol. The highest BCUT2D eigenvalue weighted by Gasteiger charge is 2.37. The van der Waals surface area contributed by atoms with Crippen molar-refractivity contribution in [2.45, 2.75) is 58.8 Å². The molecule has 0 aliphatic heterocycles. The quantitative estimate of drug-likeness (QED) is 0.198. The average molecular weight is 569 g/mol. The highest BCUT2D eigenvalue weighted by molar-refractivity contribution is 5.90. The van der Waals surface area contributed by atoms with Crippen molar-refractivity contribution in [1.29, 1.82) is 0 Å². The topological polar surface area (TPSA) is 0 Å². The summed E-state index contributed by atoms with van der Waals surface area (Å²) in [6.45, 7) is 14.2. The van der Waals surface area contributed by atoms with Crippen LogP contribution in [-0.4, -0.2) is 0 Å².